The van der Waals surface area contributed by atoms with Crippen LogP contribution in [-0.2, 0) is 0 Å². The highest BCUT2D eigenvalue weighted by Crippen LogP contribution is 2.39. The molecule has 0 saturated carbocycles. The molecule has 1 aromatic rings. The van der Waals surface area contributed by atoms with Crippen LogP contribution in [-0.4, -0.2) is 71.3 Å². The maximum Gasteiger partial charge on any atom is 0.275 e. The summed E-state index contributed by atoms with van der Waals surface area (Å²) in [4.78, 5) is 16.8. The summed E-state index contributed by atoms with van der Waals surface area (Å²) in [6.45, 7) is 6.52. The van der Waals surface area contributed by atoms with E-state index in [0.717, 1.165) is 50.1 Å². The molecule has 2 fully saturated rings. The first-order valence-electron chi connectivity index (χ1n) is 6.96. The van der Waals surface area contributed by atoms with E-state index in [1.54, 1.807) is 0 Å². The molecule has 9 heteroatoms. The minimum atomic E-state index is 0. The van der Waals surface area contributed by atoms with Gasteiger partial charge in [-0.1, -0.05) is 0 Å². The van der Waals surface area contributed by atoms with Crippen molar-refractivity contribution < 1.29 is 4.79 Å². The Bertz CT molecular complexity index is 526. The molecular formula is C13H23Cl2N5OS. The van der Waals surface area contributed by atoms with Gasteiger partial charge in [-0.25, -0.2) is 0 Å². The second-order valence-corrected chi connectivity index (χ2v) is 6.84. The Morgan fingerprint density at radius 1 is 1.45 bits per heavy atom. The summed E-state index contributed by atoms with van der Waals surface area (Å²) in [6, 6.07) is 0. The zero-order valence-corrected chi connectivity index (χ0v) is 15.5. The van der Waals surface area contributed by atoms with Gasteiger partial charge in [0.15, 0.2) is 5.69 Å². The number of nitrogens with zero attached hydrogens (tertiary/aromatic N) is 4. The zero-order chi connectivity index (χ0) is 14.3. The number of carbonyl (C=O) groups excluding carboxylic acids is 1. The van der Waals surface area contributed by atoms with E-state index in [0.29, 0.717) is 11.6 Å². The largest absolute Gasteiger partial charge is 0.336 e. The van der Waals surface area contributed by atoms with Crippen molar-refractivity contribution in [1.82, 2.24) is 23.9 Å². The van der Waals surface area contributed by atoms with Crippen molar-refractivity contribution in [3.8, 4) is 0 Å². The predicted octanol–water partition coefficient (Wildman–Crippen LogP) is 0.913. The van der Waals surface area contributed by atoms with Gasteiger partial charge in [0.2, 0.25) is 0 Å². The molecule has 126 valence electrons. The van der Waals surface area contributed by atoms with E-state index in [2.05, 4.69) is 33.1 Å². The van der Waals surface area contributed by atoms with E-state index in [4.69, 9.17) is 0 Å². The minimum absolute atomic E-state index is 0. The third kappa shape index (κ3) is 3.38. The van der Waals surface area contributed by atoms with Crippen molar-refractivity contribution in [3.63, 3.8) is 0 Å². The summed E-state index contributed by atoms with van der Waals surface area (Å²) in [5.74, 6) is 0.588. The van der Waals surface area contributed by atoms with E-state index in [-0.39, 0.29) is 36.1 Å². The number of aryl methyl sites for hydroxylation is 1. The molecule has 0 bridgehead atoms. The Balaban J connectivity index is 0.00000121. The predicted molar refractivity (Wildman–Crippen MR) is 92.4 cm³/mol. The molecule has 22 heavy (non-hydrogen) atoms. The monoisotopic (exact) mass is 367 g/mol. The first-order valence-corrected chi connectivity index (χ1v) is 7.69. The van der Waals surface area contributed by atoms with Crippen LogP contribution in [0.1, 0.15) is 16.2 Å². The average Bonchev–Trinajstić information content (AvgIpc) is 3.00. The molecule has 0 aliphatic carbocycles. The summed E-state index contributed by atoms with van der Waals surface area (Å²) < 4.78 is 8.26. The van der Waals surface area contributed by atoms with Crippen LogP contribution in [0.25, 0.3) is 0 Å². The number of likely N-dealkylation sites (tertiary alicyclic amines) is 1. The highest BCUT2D eigenvalue weighted by atomic mass is 35.5. The van der Waals surface area contributed by atoms with Gasteiger partial charge in [-0.15, -0.1) is 24.8 Å². The van der Waals surface area contributed by atoms with E-state index >= 15 is 0 Å². The number of halogens is 2. The van der Waals surface area contributed by atoms with Gasteiger partial charge in [-0.2, -0.15) is 8.75 Å². The van der Waals surface area contributed by atoms with Gasteiger partial charge in [0.1, 0.15) is 0 Å². The molecule has 1 amide bonds. The molecule has 6 nitrogen and oxygen atoms in total. The van der Waals surface area contributed by atoms with E-state index in [9.17, 15) is 4.79 Å². The zero-order valence-electron chi connectivity index (χ0n) is 13.0. The highest BCUT2D eigenvalue weighted by molar-refractivity contribution is 6.99. The van der Waals surface area contributed by atoms with Gasteiger partial charge in [0.25, 0.3) is 5.91 Å². The molecule has 2 saturated heterocycles. The molecule has 0 radical (unpaired) electrons. The third-order valence-electron chi connectivity index (χ3n) is 4.45. The molecule has 2 aliphatic rings. The molecule has 3 heterocycles. The Morgan fingerprint density at radius 3 is 2.77 bits per heavy atom. The SMILES string of the molecule is Cc1nsnc1C(=O)N1CC2CNCC2(CN(C)C)C1.Cl.Cl. The molecule has 0 spiro atoms. The molecule has 2 atom stereocenters. The van der Waals surface area contributed by atoms with Crippen LogP contribution in [0, 0.1) is 18.3 Å². The topological polar surface area (TPSA) is 61.4 Å². The van der Waals surface area contributed by atoms with Gasteiger partial charge in [0, 0.05) is 38.1 Å². The number of hydrogen-bond donors (Lipinski definition) is 1. The number of rotatable bonds is 3. The summed E-state index contributed by atoms with van der Waals surface area (Å²) in [5, 5.41) is 3.49. The lowest BCUT2D eigenvalue weighted by Gasteiger charge is -2.31. The fourth-order valence-corrected chi connectivity index (χ4v) is 4.15. The Kier molecular flexibility index (Phi) is 6.58. The summed E-state index contributed by atoms with van der Waals surface area (Å²) in [6.07, 6.45) is 0. The minimum Gasteiger partial charge on any atom is -0.336 e. The van der Waals surface area contributed by atoms with E-state index in [1.807, 2.05) is 11.8 Å². The van der Waals surface area contributed by atoms with Crippen molar-refractivity contribution in [2.75, 3.05) is 46.8 Å². The van der Waals surface area contributed by atoms with Crippen LogP contribution in [0.3, 0.4) is 0 Å². The number of fused-ring (bicyclic) bond motifs is 1. The van der Waals surface area contributed by atoms with Crippen LogP contribution in [0.2, 0.25) is 0 Å². The van der Waals surface area contributed by atoms with Gasteiger partial charge < -0.3 is 15.1 Å². The highest BCUT2D eigenvalue weighted by Gasteiger charge is 2.51. The maximum atomic E-state index is 12.6. The standard InChI is InChI=1S/C13H21N5OS.2ClH/c1-9-11(16-20-15-9)12(19)18-5-10-4-14-6-13(10,8-18)7-17(2)3;;/h10,14H,4-8H2,1-3H3;2*1H. The Hall–Kier alpha value is -0.470. The normalized spacial score (nSPS) is 26.5. The molecule has 2 unspecified atom stereocenters. The van der Waals surface area contributed by atoms with Crippen molar-refractivity contribution in [2.24, 2.45) is 11.3 Å². The van der Waals surface area contributed by atoms with Crippen LogP contribution in [0.4, 0.5) is 0 Å². The summed E-state index contributed by atoms with van der Waals surface area (Å²) in [7, 11) is 4.20. The lowest BCUT2D eigenvalue weighted by molar-refractivity contribution is 0.0758. The lowest BCUT2D eigenvalue weighted by atomic mass is 9.80. The maximum absolute atomic E-state index is 12.6. The fraction of sp³-hybridized carbons (Fsp3) is 0.769. The smallest absolute Gasteiger partial charge is 0.275 e. The summed E-state index contributed by atoms with van der Waals surface area (Å²) >= 11 is 1.12. The van der Waals surface area contributed by atoms with Crippen molar-refractivity contribution in [1.29, 1.82) is 0 Å². The van der Waals surface area contributed by atoms with Crippen molar-refractivity contribution in [2.45, 2.75) is 6.92 Å². The van der Waals surface area contributed by atoms with Gasteiger partial charge in [0.05, 0.1) is 17.4 Å². The molecule has 3 rings (SSSR count). The van der Waals surface area contributed by atoms with Crippen LogP contribution < -0.4 is 5.32 Å². The molecule has 2 aliphatic heterocycles. The van der Waals surface area contributed by atoms with Gasteiger partial charge in [-0.05, 0) is 26.9 Å². The van der Waals surface area contributed by atoms with Crippen molar-refractivity contribution in [3.05, 3.63) is 11.4 Å². The molecule has 0 aromatic carbocycles. The quantitative estimate of drug-likeness (QED) is 0.860. The second-order valence-electron chi connectivity index (χ2n) is 6.31. The first kappa shape index (κ1) is 19.6. The van der Waals surface area contributed by atoms with Crippen LogP contribution >= 0.6 is 36.5 Å². The fourth-order valence-electron chi connectivity index (χ4n) is 3.60. The van der Waals surface area contributed by atoms with Crippen LogP contribution in [0.5, 0.6) is 0 Å². The summed E-state index contributed by atoms with van der Waals surface area (Å²) in [5.41, 5.74) is 1.47. The number of nitrogens with one attached hydrogen (secondary N) is 1. The Morgan fingerprint density at radius 2 is 2.18 bits per heavy atom. The number of hydrogen-bond acceptors (Lipinski definition) is 6. The number of aromatic nitrogens is 2. The number of carbonyl (C=O) groups is 1. The Labute approximate surface area is 147 Å². The van der Waals surface area contributed by atoms with Crippen molar-refractivity contribution >= 4 is 42.4 Å². The van der Waals surface area contributed by atoms with Crippen LogP contribution in [0.15, 0.2) is 0 Å². The van der Waals surface area contributed by atoms with E-state index < -0.39 is 0 Å². The first-order chi connectivity index (χ1) is 9.52. The molecule has 1 N–H and O–H groups in total. The third-order valence-corrected chi connectivity index (χ3v) is 5.07. The second kappa shape index (κ2) is 7.40. The van der Waals surface area contributed by atoms with E-state index in [1.165, 1.54) is 0 Å². The molecular weight excluding hydrogens is 345 g/mol. The van der Waals surface area contributed by atoms with Gasteiger partial charge >= 0.3 is 0 Å². The molecule has 1 aromatic heterocycles. The number of amides is 1. The average molecular weight is 368 g/mol. The lowest BCUT2D eigenvalue weighted by Crippen LogP contribution is -2.42. The van der Waals surface area contributed by atoms with Gasteiger partial charge in [-0.3, -0.25) is 4.79 Å².